The summed E-state index contributed by atoms with van der Waals surface area (Å²) in [6, 6.07) is 0.398. The molecule has 2 N–H and O–H groups in total. The average Bonchev–Trinajstić information content (AvgIpc) is 2.56. The molecule has 1 rings (SSSR count). The van der Waals surface area contributed by atoms with Crippen LogP contribution in [0.25, 0.3) is 0 Å². The number of aryl methyl sites for hydroxylation is 1. The van der Waals surface area contributed by atoms with Gasteiger partial charge >= 0.3 is 0 Å². The first-order chi connectivity index (χ1) is 7.54. The van der Waals surface area contributed by atoms with Crippen LogP contribution in [0.4, 0.5) is 0 Å². The molecule has 6 heteroatoms. The number of thiocarbonyl (C=S) groups is 1. The summed E-state index contributed by atoms with van der Waals surface area (Å²) in [5.41, 5.74) is 1.08. The number of halogens is 1. The van der Waals surface area contributed by atoms with Gasteiger partial charge in [-0.25, -0.2) is 0 Å². The molecule has 0 bridgehead atoms. The van der Waals surface area contributed by atoms with E-state index in [-0.39, 0.29) is 0 Å². The molecular weight excluding hydrogens is 288 g/mol. The zero-order chi connectivity index (χ0) is 12.1. The number of aromatic nitrogens is 2. The second-order valence-electron chi connectivity index (χ2n) is 3.70. The van der Waals surface area contributed by atoms with Crippen molar-refractivity contribution in [3.05, 3.63) is 16.4 Å². The van der Waals surface area contributed by atoms with Crippen molar-refractivity contribution in [2.75, 3.05) is 0 Å². The second kappa shape index (κ2) is 6.20. The molecule has 0 radical (unpaired) electrons. The van der Waals surface area contributed by atoms with Gasteiger partial charge < -0.3 is 10.6 Å². The minimum atomic E-state index is 0.398. The maximum atomic E-state index is 5.19. The van der Waals surface area contributed by atoms with Crippen LogP contribution >= 0.6 is 28.1 Å². The molecule has 4 nitrogen and oxygen atoms in total. The lowest BCUT2D eigenvalue weighted by Gasteiger charge is -2.15. The lowest BCUT2D eigenvalue weighted by atomic mass is 10.3. The van der Waals surface area contributed by atoms with E-state index in [4.69, 9.17) is 12.2 Å². The Kier molecular flexibility index (Phi) is 5.21. The SMILES string of the molecule is CCC(C)NC(=S)NCc1c(Br)cnn1C. The largest absolute Gasteiger partial charge is 0.360 e. The van der Waals surface area contributed by atoms with E-state index in [9.17, 15) is 0 Å². The summed E-state index contributed by atoms with van der Waals surface area (Å²) in [6.07, 6.45) is 2.83. The molecule has 0 saturated carbocycles. The number of hydrogen-bond donors (Lipinski definition) is 2. The first-order valence-electron chi connectivity index (χ1n) is 5.25. The van der Waals surface area contributed by atoms with Gasteiger partial charge in [0.1, 0.15) is 0 Å². The highest BCUT2D eigenvalue weighted by Crippen LogP contribution is 2.14. The van der Waals surface area contributed by atoms with Gasteiger partial charge in [-0.1, -0.05) is 6.92 Å². The molecule has 0 fully saturated rings. The molecule has 1 aromatic heterocycles. The van der Waals surface area contributed by atoms with Gasteiger partial charge in [-0.3, -0.25) is 4.68 Å². The molecular formula is C10H17BrN4S. The van der Waals surface area contributed by atoms with Crippen molar-refractivity contribution in [2.45, 2.75) is 32.9 Å². The van der Waals surface area contributed by atoms with Gasteiger partial charge in [-0.2, -0.15) is 5.10 Å². The Labute approximate surface area is 110 Å². The molecule has 0 amide bonds. The fourth-order valence-electron chi connectivity index (χ4n) is 1.18. The Hall–Kier alpha value is -0.620. The predicted octanol–water partition coefficient (Wildman–Crippen LogP) is 1.95. The van der Waals surface area contributed by atoms with E-state index in [0.29, 0.717) is 17.7 Å². The lowest BCUT2D eigenvalue weighted by Crippen LogP contribution is -2.40. The van der Waals surface area contributed by atoms with Gasteiger partial charge in [0.05, 0.1) is 22.9 Å². The Morgan fingerprint density at radius 1 is 1.69 bits per heavy atom. The Balaban J connectivity index is 2.43. The average molecular weight is 305 g/mol. The predicted molar refractivity (Wildman–Crippen MR) is 73.2 cm³/mol. The van der Waals surface area contributed by atoms with Gasteiger partial charge in [-0.05, 0) is 41.5 Å². The molecule has 1 aromatic rings. The molecule has 0 aliphatic heterocycles. The maximum Gasteiger partial charge on any atom is 0.166 e. The summed E-state index contributed by atoms with van der Waals surface area (Å²) >= 11 is 8.63. The van der Waals surface area contributed by atoms with Crippen LogP contribution in [-0.2, 0) is 13.6 Å². The highest BCUT2D eigenvalue weighted by Gasteiger charge is 2.07. The number of rotatable bonds is 4. The topological polar surface area (TPSA) is 41.9 Å². The Morgan fingerprint density at radius 3 is 2.88 bits per heavy atom. The van der Waals surface area contributed by atoms with Gasteiger partial charge in [-0.15, -0.1) is 0 Å². The number of hydrogen-bond acceptors (Lipinski definition) is 2. The van der Waals surface area contributed by atoms with Gasteiger partial charge in [0.15, 0.2) is 5.11 Å². The van der Waals surface area contributed by atoms with Crippen molar-refractivity contribution in [1.29, 1.82) is 0 Å². The van der Waals surface area contributed by atoms with E-state index in [2.05, 4.69) is 45.5 Å². The third kappa shape index (κ3) is 3.75. The minimum Gasteiger partial charge on any atom is -0.360 e. The van der Waals surface area contributed by atoms with E-state index < -0.39 is 0 Å². The van der Waals surface area contributed by atoms with E-state index in [1.54, 1.807) is 6.20 Å². The normalized spacial score (nSPS) is 12.2. The summed E-state index contributed by atoms with van der Waals surface area (Å²) < 4.78 is 2.82. The van der Waals surface area contributed by atoms with Crippen molar-refractivity contribution in [2.24, 2.45) is 7.05 Å². The van der Waals surface area contributed by atoms with Crippen LogP contribution in [0, 0.1) is 0 Å². The zero-order valence-corrected chi connectivity index (χ0v) is 12.2. The quantitative estimate of drug-likeness (QED) is 0.834. The van der Waals surface area contributed by atoms with Crippen molar-refractivity contribution >= 4 is 33.3 Å². The Bertz CT molecular complexity index is 344. The van der Waals surface area contributed by atoms with Crippen molar-refractivity contribution < 1.29 is 0 Å². The molecule has 0 aliphatic rings. The monoisotopic (exact) mass is 304 g/mol. The molecule has 1 heterocycles. The molecule has 0 aliphatic carbocycles. The summed E-state index contributed by atoms with van der Waals surface area (Å²) in [6.45, 7) is 4.89. The van der Waals surface area contributed by atoms with E-state index in [1.807, 2.05) is 11.7 Å². The number of nitrogens with zero attached hydrogens (tertiary/aromatic N) is 2. The van der Waals surface area contributed by atoms with Crippen molar-refractivity contribution in [3.8, 4) is 0 Å². The van der Waals surface area contributed by atoms with E-state index in [1.165, 1.54) is 0 Å². The molecule has 0 saturated heterocycles. The first kappa shape index (κ1) is 13.4. The van der Waals surface area contributed by atoms with Gasteiger partial charge in [0.25, 0.3) is 0 Å². The number of nitrogens with one attached hydrogen (secondary N) is 2. The zero-order valence-electron chi connectivity index (χ0n) is 9.75. The third-order valence-corrected chi connectivity index (χ3v) is 3.34. The van der Waals surface area contributed by atoms with Gasteiger partial charge in [0, 0.05) is 13.1 Å². The second-order valence-corrected chi connectivity index (χ2v) is 4.96. The van der Waals surface area contributed by atoms with Crippen LogP contribution in [-0.4, -0.2) is 20.9 Å². The van der Waals surface area contributed by atoms with Crippen LogP contribution in [0.1, 0.15) is 26.0 Å². The van der Waals surface area contributed by atoms with Crippen LogP contribution in [0.2, 0.25) is 0 Å². The summed E-state index contributed by atoms with van der Waals surface area (Å²) in [4.78, 5) is 0. The molecule has 1 unspecified atom stereocenters. The maximum absolute atomic E-state index is 5.19. The molecule has 1 atom stereocenters. The molecule has 90 valence electrons. The Morgan fingerprint density at radius 2 is 2.38 bits per heavy atom. The summed E-state index contributed by atoms with van der Waals surface area (Å²) in [5.74, 6) is 0. The lowest BCUT2D eigenvalue weighted by molar-refractivity contribution is 0.625. The van der Waals surface area contributed by atoms with Gasteiger partial charge in [0.2, 0.25) is 0 Å². The van der Waals surface area contributed by atoms with Crippen molar-refractivity contribution in [1.82, 2.24) is 20.4 Å². The van der Waals surface area contributed by atoms with E-state index in [0.717, 1.165) is 16.6 Å². The highest BCUT2D eigenvalue weighted by molar-refractivity contribution is 9.10. The molecule has 0 spiro atoms. The fraction of sp³-hybridized carbons (Fsp3) is 0.600. The van der Waals surface area contributed by atoms with E-state index >= 15 is 0 Å². The third-order valence-electron chi connectivity index (χ3n) is 2.42. The van der Waals surface area contributed by atoms with Crippen molar-refractivity contribution in [3.63, 3.8) is 0 Å². The highest BCUT2D eigenvalue weighted by atomic mass is 79.9. The molecule has 16 heavy (non-hydrogen) atoms. The van der Waals surface area contributed by atoms with Crippen LogP contribution in [0.5, 0.6) is 0 Å². The van der Waals surface area contributed by atoms with Crippen LogP contribution in [0.15, 0.2) is 10.7 Å². The van der Waals surface area contributed by atoms with Crippen LogP contribution < -0.4 is 10.6 Å². The standard InChI is InChI=1S/C10H17BrN4S/c1-4-7(2)14-10(16)12-6-9-8(11)5-13-15(9)3/h5,7H,4,6H2,1-3H3,(H2,12,14,16). The minimum absolute atomic E-state index is 0.398. The summed E-state index contributed by atoms with van der Waals surface area (Å²) in [7, 11) is 1.91. The smallest absolute Gasteiger partial charge is 0.166 e. The van der Waals surface area contributed by atoms with Crippen LogP contribution in [0.3, 0.4) is 0 Å². The first-order valence-corrected chi connectivity index (χ1v) is 6.45. The summed E-state index contributed by atoms with van der Waals surface area (Å²) in [5, 5.41) is 11.2. The molecule has 0 aromatic carbocycles. The fourth-order valence-corrected chi connectivity index (χ4v) is 1.94.